The molecule has 0 spiro atoms. The van der Waals surface area contributed by atoms with E-state index in [0.29, 0.717) is 11.5 Å². The second kappa shape index (κ2) is 8.65. The first kappa shape index (κ1) is 19.9. The second-order valence-corrected chi connectivity index (χ2v) is 6.12. The lowest BCUT2D eigenvalue weighted by atomic mass is 9.97. The molecule has 1 N–H and O–H groups in total. The maximum absolute atomic E-state index is 14.2. The van der Waals surface area contributed by atoms with Gasteiger partial charge in [0.15, 0.2) is 0 Å². The molecular weight excluding hydrogens is 353 g/mol. The molecule has 7 heteroatoms. The summed E-state index contributed by atoms with van der Waals surface area (Å²) in [5, 5.41) is 3.24. The van der Waals surface area contributed by atoms with Crippen LogP contribution in [0.3, 0.4) is 0 Å². The van der Waals surface area contributed by atoms with Gasteiger partial charge >= 0.3 is 0 Å². The summed E-state index contributed by atoms with van der Waals surface area (Å²) in [6, 6.07) is 2.19. The molecule has 1 atom stereocenters. The van der Waals surface area contributed by atoms with Gasteiger partial charge in [-0.3, -0.25) is 4.90 Å². The van der Waals surface area contributed by atoms with Gasteiger partial charge in [-0.1, -0.05) is 24.4 Å². The monoisotopic (exact) mass is 372 g/mol. The Morgan fingerprint density at radius 1 is 1.14 bits per heavy atom. The number of hydrogen-bond donors (Lipinski definition) is 1. The maximum atomic E-state index is 14.2. The molecule has 1 aliphatic carbocycles. The van der Waals surface area contributed by atoms with E-state index in [1.54, 1.807) is 0 Å². The number of nitrogens with one attached hydrogen (secondary N) is 1. The lowest BCUT2D eigenvalue weighted by Gasteiger charge is -2.36. The summed E-state index contributed by atoms with van der Waals surface area (Å²) in [4.78, 5) is 2.23. The van der Waals surface area contributed by atoms with Crippen molar-refractivity contribution in [3.63, 3.8) is 0 Å². The van der Waals surface area contributed by atoms with Crippen LogP contribution in [0.25, 0.3) is 0 Å². The summed E-state index contributed by atoms with van der Waals surface area (Å²) in [5.74, 6) is -0.284. The molecule has 126 valence electrons. The highest BCUT2D eigenvalue weighted by Crippen LogP contribution is 2.43. The van der Waals surface area contributed by atoms with E-state index in [2.05, 4.69) is 10.2 Å². The lowest BCUT2D eigenvalue weighted by molar-refractivity contribution is 0.157. The molecule has 0 bridgehead atoms. The predicted molar refractivity (Wildman–Crippen MR) is 90.4 cm³/mol. The highest BCUT2D eigenvalue weighted by molar-refractivity contribution is 6.31. The van der Waals surface area contributed by atoms with Crippen molar-refractivity contribution in [3.05, 3.63) is 34.4 Å². The number of nitrogens with zero attached hydrogens (tertiary/aromatic N) is 1. The van der Waals surface area contributed by atoms with Crippen LogP contribution in [-0.2, 0) is 0 Å². The van der Waals surface area contributed by atoms with Gasteiger partial charge in [-0.2, -0.15) is 0 Å². The number of rotatable bonds is 4. The molecule has 22 heavy (non-hydrogen) atoms. The van der Waals surface area contributed by atoms with Gasteiger partial charge in [-0.05, 0) is 24.5 Å². The van der Waals surface area contributed by atoms with Crippen LogP contribution < -0.4 is 5.32 Å². The van der Waals surface area contributed by atoms with Gasteiger partial charge < -0.3 is 5.32 Å². The third kappa shape index (κ3) is 4.45. The Hall–Kier alpha value is -0.130. The Labute approximate surface area is 147 Å². The Morgan fingerprint density at radius 2 is 1.73 bits per heavy atom. The van der Waals surface area contributed by atoms with Gasteiger partial charge in [-0.15, -0.1) is 24.8 Å². The van der Waals surface area contributed by atoms with Crippen LogP contribution in [0.4, 0.5) is 8.78 Å². The van der Waals surface area contributed by atoms with Crippen LogP contribution in [-0.4, -0.2) is 31.1 Å². The first-order chi connectivity index (χ1) is 9.66. The van der Waals surface area contributed by atoms with Crippen molar-refractivity contribution in [2.75, 3.05) is 26.2 Å². The van der Waals surface area contributed by atoms with Gasteiger partial charge in [0.1, 0.15) is 11.6 Å². The van der Waals surface area contributed by atoms with Gasteiger partial charge in [-0.25, -0.2) is 8.78 Å². The molecular formula is C15H21Cl3F2N2. The molecule has 1 saturated heterocycles. The van der Waals surface area contributed by atoms with Crippen LogP contribution in [0.1, 0.15) is 30.9 Å². The molecule has 1 heterocycles. The third-order valence-corrected chi connectivity index (χ3v) is 4.64. The van der Waals surface area contributed by atoms with Crippen LogP contribution in [0.5, 0.6) is 0 Å². The fourth-order valence-electron chi connectivity index (χ4n) is 2.96. The smallest absolute Gasteiger partial charge is 0.142 e. The summed E-state index contributed by atoms with van der Waals surface area (Å²) in [7, 11) is 0. The van der Waals surface area contributed by atoms with E-state index >= 15 is 0 Å². The van der Waals surface area contributed by atoms with E-state index in [0.717, 1.165) is 38.7 Å². The standard InChI is InChI=1S/C15H19ClF2N2.2ClH/c16-15-12(18)4-3-11(17)14(15)13(9-10-1-2-10)20-7-5-19-6-8-20;;/h3-4,10,13,19H,1-2,5-9H2;2*1H/t13-;;/m0../s1. The molecule has 1 aromatic rings. The number of hydrogen-bond acceptors (Lipinski definition) is 2. The van der Waals surface area contributed by atoms with Crippen molar-refractivity contribution in [1.82, 2.24) is 10.2 Å². The van der Waals surface area contributed by atoms with E-state index in [4.69, 9.17) is 11.6 Å². The fourth-order valence-corrected chi connectivity index (χ4v) is 3.24. The van der Waals surface area contributed by atoms with Gasteiger partial charge in [0, 0.05) is 37.8 Å². The molecule has 1 saturated carbocycles. The summed E-state index contributed by atoms with van der Waals surface area (Å²) in [5.41, 5.74) is 0.348. The SMILES string of the molecule is Cl.Cl.Fc1ccc(F)c([C@H](CC2CC2)N2CCNCC2)c1Cl. The zero-order chi connectivity index (χ0) is 14.1. The van der Waals surface area contributed by atoms with Gasteiger partial charge in [0.25, 0.3) is 0 Å². The van der Waals surface area contributed by atoms with Crippen molar-refractivity contribution < 1.29 is 8.78 Å². The van der Waals surface area contributed by atoms with E-state index in [1.165, 1.54) is 18.9 Å². The fraction of sp³-hybridized carbons (Fsp3) is 0.600. The lowest BCUT2D eigenvalue weighted by Crippen LogP contribution is -2.45. The molecule has 0 amide bonds. The topological polar surface area (TPSA) is 15.3 Å². The van der Waals surface area contributed by atoms with Gasteiger partial charge in [0.2, 0.25) is 0 Å². The molecule has 2 aliphatic rings. The molecule has 3 rings (SSSR count). The van der Waals surface area contributed by atoms with Crippen molar-refractivity contribution in [2.24, 2.45) is 5.92 Å². The predicted octanol–water partition coefficient (Wildman–Crippen LogP) is 4.21. The Kier molecular flexibility index (Phi) is 7.83. The number of halogens is 5. The first-order valence-corrected chi connectivity index (χ1v) is 7.63. The van der Waals surface area contributed by atoms with Crippen LogP contribution in [0, 0.1) is 17.6 Å². The number of piperazine rings is 1. The molecule has 0 radical (unpaired) electrons. The second-order valence-electron chi connectivity index (χ2n) is 5.74. The maximum Gasteiger partial charge on any atom is 0.142 e. The van der Waals surface area contributed by atoms with E-state index in [9.17, 15) is 8.78 Å². The third-order valence-electron chi connectivity index (χ3n) is 4.26. The van der Waals surface area contributed by atoms with Crippen molar-refractivity contribution >= 4 is 36.4 Å². The average Bonchev–Trinajstić information content (AvgIpc) is 3.27. The average molecular weight is 374 g/mol. The summed E-state index contributed by atoms with van der Waals surface area (Å²) < 4.78 is 27.9. The van der Waals surface area contributed by atoms with Crippen LogP contribution >= 0.6 is 36.4 Å². The van der Waals surface area contributed by atoms with E-state index < -0.39 is 5.82 Å². The van der Waals surface area contributed by atoms with Gasteiger partial charge in [0.05, 0.1) is 5.02 Å². The summed E-state index contributed by atoms with van der Waals surface area (Å²) in [6.45, 7) is 3.47. The van der Waals surface area contributed by atoms with E-state index in [-0.39, 0.29) is 41.7 Å². The highest BCUT2D eigenvalue weighted by atomic mass is 35.5. The minimum Gasteiger partial charge on any atom is -0.314 e. The Morgan fingerprint density at radius 3 is 2.32 bits per heavy atom. The molecule has 0 unspecified atom stereocenters. The molecule has 2 nitrogen and oxygen atoms in total. The zero-order valence-electron chi connectivity index (χ0n) is 12.2. The molecule has 1 aliphatic heterocycles. The van der Waals surface area contributed by atoms with Crippen LogP contribution in [0.15, 0.2) is 12.1 Å². The Balaban J connectivity index is 0.00000121. The van der Waals surface area contributed by atoms with Crippen LogP contribution in [0.2, 0.25) is 5.02 Å². The summed E-state index contributed by atoms with van der Waals surface area (Å²) in [6.07, 6.45) is 3.26. The minimum atomic E-state index is -0.529. The number of benzene rings is 1. The zero-order valence-corrected chi connectivity index (χ0v) is 14.5. The Bertz CT molecular complexity index is 492. The molecule has 1 aromatic carbocycles. The van der Waals surface area contributed by atoms with E-state index in [1.807, 2.05) is 0 Å². The highest BCUT2D eigenvalue weighted by Gasteiger charge is 2.33. The molecule has 2 fully saturated rings. The molecule has 0 aromatic heterocycles. The minimum absolute atomic E-state index is 0. The summed E-state index contributed by atoms with van der Waals surface area (Å²) >= 11 is 6.06. The largest absolute Gasteiger partial charge is 0.314 e. The quantitative estimate of drug-likeness (QED) is 0.795. The van der Waals surface area contributed by atoms with Crippen molar-refractivity contribution in [2.45, 2.75) is 25.3 Å². The van der Waals surface area contributed by atoms with Crippen molar-refractivity contribution in [3.8, 4) is 0 Å². The normalized spacial score (nSPS) is 20.0. The van der Waals surface area contributed by atoms with Crippen molar-refractivity contribution in [1.29, 1.82) is 0 Å². The first-order valence-electron chi connectivity index (χ1n) is 7.25.